The lowest BCUT2D eigenvalue weighted by atomic mass is 9.97. The van der Waals surface area contributed by atoms with Crippen molar-refractivity contribution in [1.82, 2.24) is 5.32 Å². The standard InChI is InChI=1S/C20H26N2OS/c1-14(2)12-19(16-8-10-18(23-4)11-9-16)22-20(24)21-17-7-5-6-15(3)13-17/h5-11,13-14,19H,12H2,1-4H3,(H2,21,22,24). The van der Waals surface area contributed by atoms with Gasteiger partial charge in [-0.3, -0.25) is 0 Å². The van der Waals surface area contributed by atoms with Crippen LogP contribution in [0.15, 0.2) is 48.5 Å². The molecule has 3 nitrogen and oxygen atoms in total. The van der Waals surface area contributed by atoms with Gasteiger partial charge in [-0.25, -0.2) is 0 Å². The van der Waals surface area contributed by atoms with Crippen molar-refractivity contribution < 1.29 is 4.74 Å². The molecule has 4 heteroatoms. The van der Waals surface area contributed by atoms with Gasteiger partial charge in [-0.2, -0.15) is 0 Å². The highest BCUT2D eigenvalue weighted by Crippen LogP contribution is 2.24. The fraction of sp³-hybridized carbons (Fsp3) is 0.350. The van der Waals surface area contributed by atoms with E-state index in [2.05, 4.69) is 55.7 Å². The molecule has 2 rings (SSSR count). The van der Waals surface area contributed by atoms with Gasteiger partial charge < -0.3 is 15.4 Å². The quantitative estimate of drug-likeness (QED) is 0.718. The topological polar surface area (TPSA) is 33.3 Å². The van der Waals surface area contributed by atoms with Crippen LogP contribution in [-0.2, 0) is 0 Å². The van der Waals surface area contributed by atoms with Crippen molar-refractivity contribution in [3.8, 4) is 5.75 Å². The van der Waals surface area contributed by atoms with Crippen LogP contribution in [-0.4, -0.2) is 12.2 Å². The highest BCUT2D eigenvalue weighted by Gasteiger charge is 2.15. The van der Waals surface area contributed by atoms with Gasteiger partial charge >= 0.3 is 0 Å². The number of rotatable bonds is 6. The van der Waals surface area contributed by atoms with Crippen LogP contribution in [0.4, 0.5) is 5.69 Å². The van der Waals surface area contributed by atoms with E-state index in [0.717, 1.165) is 17.9 Å². The fourth-order valence-electron chi connectivity index (χ4n) is 2.63. The summed E-state index contributed by atoms with van der Waals surface area (Å²) < 4.78 is 5.24. The van der Waals surface area contributed by atoms with Crippen molar-refractivity contribution in [1.29, 1.82) is 0 Å². The maximum atomic E-state index is 5.51. The average molecular weight is 343 g/mol. The van der Waals surface area contributed by atoms with Gasteiger partial charge in [-0.05, 0) is 66.9 Å². The van der Waals surface area contributed by atoms with Gasteiger partial charge in [0, 0.05) is 5.69 Å². The maximum Gasteiger partial charge on any atom is 0.171 e. The van der Waals surface area contributed by atoms with E-state index in [1.165, 1.54) is 11.1 Å². The van der Waals surface area contributed by atoms with Crippen LogP contribution in [0.3, 0.4) is 0 Å². The molecule has 0 aromatic heterocycles. The van der Waals surface area contributed by atoms with Crippen molar-refractivity contribution in [2.45, 2.75) is 33.2 Å². The zero-order valence-corrected chi connectivity index (χ0v) is 15.6. The smallest absolute Gasteiger partial charge is 0.171 e. The molecule has 0 bridgehead atoms. The number of ether oxygens (including phenoxy) is 1. The number of aryl methyl sites for hydroxylation is 1. The Hall–Kier alpha value is -2.07. The summed E-state index contributed by atoms with van der Waals surface area (Å²) in [5.74, 6) is 1.42. The van der Waals surface area contributed by atoms with E-state index < -0.39 is 0 Å². The van der Waals surface area contributed by atoms with Gasteiger partial charge in [0.2, 0.25) is 0 Å². The molecule has 0 aliphatic carbocycles. The SMILES string of the molecule is COc1ccc(C(CC(C)C)NC(=S)Nc2cccc(C)c2)cc1. The minimum atomic E-state index is 0.167. The van der Waals surface area contributed by atoms with E-state index in [1.807, 2.05) is 24.3 Å². The Morgan fingerprint density at radius 1 is 1.12 bits per heavy atom. The second-order valence-electron chi connectivity index (χ2n) is 6.42. The van der Waals surface area contributed by atoms with Crippen molar-refractivity contribution in [2.24, 2.45) is 5.92 Å². The van der Waals surface area contributed by atoms with E-state index in [1.54, 1.807) is 7.11 Å². The van der Waals surface area contributed by atoms with Crippen LogP contribution in [0.1, 0.15) is 37.4 Å². The minimum Gasteiger partial charge on any atom is -0.497 e. The highest BCUT2D eigenvalue weighted by molar-refractivity contribution is 7.80. The van der Waals surface area contributed by atoms with Crippen LogP contribution < -0.4 is 15.4 Å². The second-order valence-corrected chi connectivity index (χ2v) is 6.83. The number of benzene rings is 2. The average Bonchev–Trinajstić information content (AvgIpc) is 2.54. The molecule has 0 saturated carbocycles. The molecule has 2 aromatic rings. The highest BCUT2D eigenvalue weighted by atomic mass is 32.1. The van der Waals surface area contributed by atoms with Crippen LogP contribution in [0.25, 0.3) is 0 Å². The first-order chi connectivity index (χ1) is 11.5. The molecule has 128 valence electrons. The lowest BCUT2D eigenvalue weighted by Gasteiger charge is -2.23. The van der Waals surface area contributed by atoms with Gasteiger partial charge in [0.25, 0.3) is 0 Å². The summed E-state index contributed by atoms with van der Waals surface area (Å²) in [6, 6.07) is 16.5. The monoisotopic (exact) mass is 342 g/mol. The first-order valence-corrected chi connectivity index (χ1v) is 8.67. The van der Waals surface area contributed by atoms with Gasteiger partial charge in [0.15, 0.2) is 5.11 Å². The molecule has 2 N–H and O–H groups in total. The Balaban J connectivity index is 2.08. The molecule has 0 saturated heterocycles. The molecule has 0 aliphatic rings. The molecule has 2 aromatic carbocycles. The summed E-state index contributed by atoms with van der Waals surface area (Å²) >= 11 is 5.51. The van der Waals surface area contributed by atoms with Gasteiger partial charge in [0.05, 0.1) is 13.2 Å². The normalized spacial score (nSPS) is 11.9. The third-order valence-corrected chi connectivity index (χ3v) is 4.03. The Bertz CT molecular complexity index is 668. The lowest BCUT2D eigenvalue weighted by Crippen LogP contribution is -2.33. The molecule has 1 atom stereocenters. The van der Waals surface area contributed by atoms with Crippen LogP contribution in [0.2, 0.25) is 0 Å². The zero-order chi connectivity index (χ0) is 17.5. The van der Waals surface area contributed by atoms with Crippen molar-refractivity contribution in [3.63, 3.8) is 0 Å². The summed E-state index contributed by atoms with van der Waals surface area (Å²) in [6.45, 7) is 6.51. The number of anilines is 1. The third-order valence-electron chi connectivity index (χ3n) is 3.81. The molecule has 0 spiro atoms. The van der Waals surface area contributed by atoms with E-state index in [9.17, 15) is 0 Å². The number of thiocarbonyl (C=S) groups is 1. The molecule has 0 aliphatic heterocycles. The summed E-state index contributed by atoms with van der Waals surface area (Å²) in [5.41, 5.74) is 3.42. The van der Waals surface area contributed by atoms with Crippen molar-refractivity contribution in [2.75, 3.05) is 12.4 Å². The molecule has 0 heterocycles. The largest absolute Gasteiger partial charge is 0.497 e. The molecule has 0 amide bonds. The number of nitrogens with one attached hydrogen (secondary N) is 2. The van der Waals surface area contributed by atoms with Gasteiger partial charge in [0.1, 0.15) is 5.75 Å². The van der Waals surface area contributed by atoms with Gasteiger partial charge in [-0.15, -0.1) is 0 Å². The molecule has 1 unspecified atom stereocenters. The third kappa shape index (κ3) is 5.53. The number of hydrogen-bond acceptors (Lipinski definition) is 2. The first kappa shape index (κ1) is 18.3. The maximum absolute atomic E-state index is 5.51. The summed E-state index contributed by atoms with van der Waals surface area (Å²) in [6.07, 6.45) is 1.00. The van der Waals surface area contributed by atoms with Gasteiger partial charge in [-0.1, -0.05) is 38.1 Å². The number of methoxy groups -OCH3 is 1. The predicted molar refractivity (Wildman–Crippen MR) is 106 cm³/mol. The van der Waals surface area contributed by atoms with Crippen LogP contribution in [0, 0.1) is 12.8 Å². The Morgan fingerprint density at radius 2 is 1.83 bits per heavy atom. The Morgan fingerprint density at radius 3 is 2.42 bits per heavy atom. The van der Waals surface area contributed by atoms with Crippen LogP contribution >= 0.6 is 12.2 Å². The molecule has 24 heavy (non-hydrogen) atoms. The Kier molecular flexibility index (Phi) is 6.62. The molecule has 0 radical (unpaired) electrons. The molecule has 0 fully saturated rings. The Labute approximate surface area is 150 Å². The zero-order valence-electron chi connectivity index (χ0n) is 14.8. The first-order valence-electron chi connectivity index (χ1n) is 8.26. The second kappa shape index (κ2) is 8.69. The molecular weight excluding hydrogens is 316 g/mol. The number of hydrogen-bond donors (Lipinski definition) is 2. The summed E-state index contributed by atoms with van der Waals surface area (Å²) in [5, 5.41) is 7.36. The van der Waals surface area contributed by atoms with E-state index in [4.69, 9.17) is 17.0 Å². The fourth-order valence-corrected chi connectivity index (χ4v) is 2.89. The molecular formula is C20H26N2OS. The summed E-state index contributed by atoms with van der Waals surface area (Å²) in [7, 11) is 1.68. The van der Waals surface area contributed by atoms with E-state index >= 15 is 0 Å². The lowest BCUT2D eigenvalue weighted by molar-refractivity contribution is 0.414. The van der Waals surface area contributed by atoms with E-state index in [-0.39, 0.29) is 6.04 Å². The van der Waals surface area contributed by atoms with Crippen molar-refractivity contribution >= 4 is 23.0 Å². The summed E-state index contributed by atoms with van der Waals surface area (Å²) in [4.78, 5) is 0. The van der Waals surface area contributed by atoms with Crippen molar-refractivity contribution in [3.05, 3.63) is 59.7 Å². The van der Waals surface area contributed by atoms with E-state index in [0.29, 0.717) is 11.0 Å². The predicted octanol–water partition coefficient (Wildman–Crippen LogP) is 5.08. The van der Waals surface area contributed by atoms with Crippen LogP contribution in [0.5, 0.6) is 5.75 Å². The minimum absolute atomic E-state index is 0.167.